The Balaban J connectivity index is 0.00000331. The van der Waals surface area contributed by atoms with Crippen LogP contribution in [0, 0.1) is 0 Å². The molecule has 3 aliphatic rings. The van der Waals surface area contributed by atoms with Crippen LogP contribution in [0.5, 0.6) is 5.75 Å². The zero-order chi connectivity index (χ0) is 42.9. The molecular weight excluding hydrogens is 937 g/mol. The fourth-order valence-corrected chi connectivity index (χ4v) is 8.37. The van der Waals surface area contributed by atoms with Crippen LogP contribution in [0.4, 0.5) is 17.1 Å². The molecular formula is C34H24N6Na4O14S4. The molecule has 6 N–H and O–H groups in total. The number of fused-ring (bicyclic) bond motifs is 2. The zero-order valence-corrected chi connectivity index (χ0v) is 44.6. The number of ketones is 1. The maximum atomic E-state index is 13.3. The second-order valence-corrected chi connectivity index (χ2v) is 18.1. The SMILES string of the molecule is CC1=CC(=C2C=CC(=NNc3c(S(=O)(=O)[O-])cc4cc(S(=O)(=O)[O-])cc(N)c4c3O)C(C)=C2)C=CC1=NN=C1C(=O)c2c(N)cc(S(=O)(=O)[O-])cc2C=C1S(=O)(=O)[O-].[Na+].[Na+].[Na+].[Na+]. The molecule has 0 unspecified atom stereocenters. The summed E-state index contributed by atoms with van der Waals surface area (Å²) in [5.74, 6) is -2.02. The predicted octanol–water partition coefficient (Wildman–Crippen LogP) is -9.89. The average molecular weight is 961 g/mol. The van der Waals surface area contributed by atoms with E-state index in [1.54, 1.807) is 38.2 Å². The van der Waals surface area contributed by atoms with E-state index in [0.717, 1.165) is 24.3 Å². The van der Waals surface area contributed by atoms with Crippen molar-refractivity contribution in [3.05, 3.63) is 105 Å². The van der Waals surface area contributed by atoms with Gasteiger partial charge in [-0.15, -0.1) is 5.10 Å². The number of nitrogen functional groups attached to an aromatic ring is 2. The van der Waals surface area contributed by atoms with Crippen molar-refractivity contribution in [2.24, 2.45) is 15.3 Å². The summed E-state index contributed by atoms with van der Waals surface area (Å²) in [5, 5.41) is 22.3. The van der Waals surface area contributed by atoms with Gasteiger partial charge in [0.1, 0.15) is 46.2 Å². The van der Waals surface area contributed by atoms with E-state index in [9.17, 15) is 61.8 Å². The maximum absolute atomic E-state index is 13.3. The van der Waals surface area contributed by atoms with Crippen molar-refractivity contribution in [1.29, 1.82) is 0 Å². The fourth-order valence-electron chi connectivity index (χ4n) is 5.98. The molecule has 3 aliphatic carbocycles. The number of nitrogens with two attached hydrogens (primary N) is 2. The Bertz CT molecular complexity index is 3210. The number of nitrogens with one attached hydrogen (secondary N) is 1. The molecule has 20 nitrogen and oxygen atoms in total. The summed E-state index contributed by atoms with van der Waals surface area (Å²) >= 11 is 0. The minimum Gasteiger partial charge on any atom is -0.744 e. The Kier molecular flexibility index (Phi) is 18.6. The number of Topliss-reactive ketones (excluding diaryl/α,β-unsaturated/α-hetero) is 1. The number of allylic oxidation sites excluding steroid dienone is 11. The number of phenolic OH excluding ortho intramolecular Hbond substituents is 1. The Morgan fingerprint density at radius 2 is 1.15 bits per heavy atom. The van der Waals surface area contributed by atoms with Crippen LogP contribution in [0.15, 0.2) is 124 Å². The van der Waals surface area contributed by atoms with E-state index in [1.165, 1.54) is 12.2 Å². The van der Waals surface area contributed by atoms with Gasteiger partial charge in [-0.3, -0.25) is 10.2 Å². The number of anilines is 3. The average Bonchev–Trinajstić information content (AvgIpc) is 3.09. The zero-order valence-electron chi connectivity index (χ0n) is 33.3. The van der Waals surface area contributed by atoms with Crippen LogP contribution in [0.3, 0.4) is 0 Å². The van der Waals surface area contributed by atoms with E-state index >= 15 is 0 Å². The molecule has 0 spiro atoms. The Labute approximate surface area is 443 Å². The Morgan fingerprint density at radius 3 is 1.65 bits per heavy atom. The van der Waals surface area contributed by atoms with Crippen molar-refractivity contribution in [3.8, 4) is 5.75 Å². The molecule has 0 saturated carbocycles. The van der Waals surface area contributed by atoms with Crippen molar-refractivity contribution < 1.29 is 180 Å². The predicted molar refractivity (Wildman–Crippen MR) is 206 cm³/mol. The third-order valence-electron chi connectivity index (χ3n) is 8.70. The summed E-state index contributed by atoms with van der Waals surface area (Å²) in [6.45, 7) is 3.24. The first-order chi connectivity index (χ1) is 26.8. The summed E-state index contributed by atoms with van der Waals surface area (Å²) in [6, 6.07) is 3.70. The number of hydrazone groups is 1. The number of phenols is 1. The first kappa shape index (κ1) is 56.0. The quantitative estimate of drug-likeness (QED) is 0.0562. The van der Waals surface area contributed by atoms with Gasteiger partial charge >= 0.3 is 118 Å². The van der Waals surface area contributed by atoms with Crippen LogP contribution in [0.25, 0.3) is 16.8 Å². The van der Waals surface area contributed by atoms with E-state index in [1.807, 2.05) is 0 Å². The standard InChI is InChI=1S/C34H28N6O14S4.4Na/c1-15-7-17(3-5-25(15)37-39-31-27(57(49,50)51)11-19-9-21(55(43,44)45)13-23(35)29(19)33(31)41)18-4-6-26(16(2)8-18)38-40-32-28(58(52,53)54)12-20-10-22(56(46,47)48)14-24(36)30(20)34(32)42;;;;/h3-14,39,41H,35-36H2,1-2H3,(H,43,44,45)(H,46,47,48)(H,49,50,51)(H,52,53,54);;;;/q;4*+1/p-4. The molecule has 0 saturated heterocycles. The van der Waals surface area contributed by atoms with Gasteiger partial charge in [0.15, 0.2) is 11.5 Å². The molecule has 0 aromatic heterocycles. The van der Waals surface area contributed by atoms with Gasteiger partial charge < -0.3 is 34.8 Å². The van der Waals surface area contributed by atoms with Gasteiger partial charge in [0, 0.05) is 16.8 Å². The summed E-state index contributed by atoms with van der Waals surface area (Å²) in [6.07, 6.45) is 10.2. The number of hydrogen-bond donors (Lipinski definition) is 4. The van der Waals surface area contributed by atoms with Crippen LogP contribution in [0.1, 0.15) is 29.8 Å². The molecule has 0 fully saturated rings. The number of nitrogens with zero attached hydrogens (tertiary/aromatic N) is 3. The Morgan fingerprint density at radius 1 is 0.629 bits per heavy atom. The topological polar surface area (TPSA) is 367 Å². The van der Waals surface area contributed by atoms with Gasteiger partial charge in [-0.25, -0.2) is 33.7 Å². The van der Waals surface area contributed by atoms with Crippen LogP contribution in [0.2, 0.25) is 0 Å². The molecule has 3 aromatic rings. The molecule has 28 heteroatoms. The summed E-state index contributed by atoms with van der Waals surface area (Å²) in [5.41, 5.74) is 13.3. The van der Waals surface area contributed by atoms with E-state index in [0.29, 0.717) is 34.4 Å². The van der Waals surface area contributed by atoms with E-state index < -0.39 is 105 Å². The van der Waals surface area contributed by atoms with Crippen molar-refractivity contribution in [2.45, 2.75) is 28.5 Å². The number of benzene rings is 3. The molecule has 0 bridgehead atoms. The summed E-state index contributed by atoms with van der Waals surface area (Å²) in [7, 11) is -20.8. The van der Waals surface area contributed by atoms with E-state index in [2.05, 4.69) is 20.7 Å². The van der Waals surface area contributed by atoms with Gasteiger partial charge in [0.2, 0.25) is 5.78 Å². The van der Waals surface area contributed by atoms with Crippen molar-refractivity contribution >= 4 is 97.3 Å². The summed E-state index contributed by atoms with van der Waals surface area (Å²) < 4.78 is 142. The molecule has 62 heavy (non-hydrogen) atoms. The minimum atomic E-state index is -5.39. The number of rotatable bonds is 7. The van der Waals surface area contributed by atoms with Crippen molar-refractivity contribution in [3.63, 3.8) is 0 Å². The normalized spacial score (nSPS) is 18.5. The van der Waals surface area contributed by atoms with Gasteiger partial charge in [0.05, 0.1) is 36.6 Å². The van der Waals surface area contributed by atoms with Gasteiger partial charge in [-0.2, -0.15) is 10.2 Å². The number of carbonyl (C=O) groups excluding carboxylic acids is 1. The second kappa shape index (κ2) is 20.6. The molecule has 6 rings (SSSR count). The Hall–Kier alpha value is -2.12. The van der Waals surface area contributed by atoms with E-state index in [-0.39, 0.29) is 140 Å². The molecule has 0 heterocycles. The van der Waals surface area contributed by atoms with Crippen LogP contribution in [-0.4, -0.2) is 79.9 Å². The largest absolute Gasteiger partial charge is 1.00 e. The second-order valence-electron chi connectivity index (χ2n) is 12.6. The number of aromatic hydroxyl groups is 1. The van der Waals surface area contributed by atoms with Crippen molar-refractivity contribution in [1.82, 2.24) is 0 Å². The molecule has 0 atom stereocenters. The number of hydrogen-bond acceptors (Lipinski definition) is 20. The summed E-state index contributed by atoms with van der Waals surface area (Å²) in [4.78, 5) is 9.51. The molecule has 302 valence electrons. The smallest absolute Gasteiger partial charge is 0.744 e. The maximum Gasteiger partial charge on any atom is 1.00 e. The third-order valence-corrected chi connectivity index (χ3v) is 12.0. The van der Waals surface area contributed by atoms with Crippen LogP contribution < -0.4 is 135 Å². The monoisotopic (exact) mass is 960 g/mol. The third kappa shape index (κ3) is 11.8. The van der Waals surface area contributed by atoms with Crippen LogP contribution in [-0.2, 0) is 40.5 Å². The fraction of sp³-hybridized carbons (Fsp3) is 0.0588. The molecule has 0 radical (unpaired) electrons. The molecule has 0 aliphatic heterocycles. The first-order valence-electron chi connectivity index (χ1n) is 15.9. The molecule has 3 aromatic carbocycles. The van der Waals surface area contributed by atoms with Crippen LogP contribution >= 0.6 is 0 Å². The van der Waals surface area contributed by atoms with Gasteiger partial charge in [-0.1, -0.05) is 12.2 Å². The molecule has 0 amide bonds. The number of carbonyl (C=O) groups is 1. The first-order valence-corrected chi connectivity index (χ1v) is 21.5. The van der Waals surface area contributed by atoms with Gasteiger partial charge in [-0.05, 0) is 108 Å². The minimum absolute atomic E-state index is 0. The van der Waals surface area contributed by atoms with E-state index in [4.69, 9.17) is 11.5 Å². The van der Waals surface area contributed by atoms with Crippen molar-refractivity contribution in [2.75, 3.05) is 16.9 Å². The van der Waals surface area contributed by atoms with Gasteiger partial charge in [0.25, 0.3) is 0 Å².